The number of anilines is 1. The minimum atomic E-state index is -4.66. The highest BCUT2D eigenvalue weighted by molar-refractivity contribution is 6.31. The lowest BCUT2D eigenvalue weighted by Gasteiger charge is -2.12. The molecule has 0 aliphatic carbocycles. The lowest BCUT2D eigenvalue weighted by molar-refractivity contribution is -0.384. The summed E-state index contributed by atoms with van der Waals surface area (Å²) in [5, 5.41) is 12.4. The molecule has 0 saturated heterocycles. The molecule has 0 spiro atoms. The second-order valence-corrected chi connectivity index (χ2v) is 5.19. The van der Waals surface area contributed by atoms with Gasteiger partial charge in [-0.2, -0.15) is 13.2 Å². The zero-order valence-corrected chi connectivity index (χ0v) is 13.1. The van der Waals surface area contributed by atoms with Gasteiger partial charge in [0.25, 0.3) is 11.6 Å². The highest BCUT2D eigenvalue weighted by Gasteiger charge is 2.33. The molecule has 2 rings (SSSR count). The number of hydrogen-bond acceptors (Lipinski definition) is 4. The molecule has 6 nitrogen and oxygen atoms in total. The first-order valence-corrected chi connectivity index (χ1v) is 7.08. The molecular weight excluding hydrogens is 365 g/mol. The Morgan fingerprint density at radius 3 is 2.60 bits per heavy atom. The van der Waals surface area contributed by atoms with Crippen molar-refractivity contribution in [3.8, 4) is 5.75 Å². The van der Waals surface area contributed by atoms with E-state index < -0.39 is 34.2 Å². The van der Waals surface area contributed by atoms with Crippen molar-refractivity contribution >= 4 is 28.9 Å². The molecule has 0 atom stereocenters. The number of ether oxygens (including phenoxy) is 1. The molecule has 0 saturated carbocycles. The molecule has 0 aliphatic heterocycles. The van der Waals surface area contributed by atoms with E-state index in [2.05, 4.69) is 5.32 Å². The van der Waals surface area contributed by atoms with Crippen molar-refractivity contribution in [3.05, 3.63) is 63.2 Å². The van der Waals surface area contributed by atoms with Crippen molar-refractivity contribution in [2.24, 2.45) is 0 Å². The number of amides is 1. The number of nitro groups is 1. The number of nitro benzene ring substituents is 1. The van der Waals surface area contributed by atoms with E-state index in [4.69, 9.17) is 16.3 Å². The molecular formula is C15H10ClF3N2O4. The standard InChI is InChI=1S/C15H10ClF3N2O4/c16-13-5-4-9(6-12(13)15(17,18)19)20-14(22)8-25-11-3-1-2-10(7-11)21(23)24/h1-7H,8H2,(H,20,22). The van der Waals surface area contributed by atoms with Gasteiger partial charge in [-0.3, -0.25) is 14.9 Å². The maximum atomic E-state index is 12.8. The van der Waals surface area contributed by atoms with Crippen LogP contribution in [0.3, 0.4) is 0 Å². The van der Waals surface area contributed by atoms with Crippen LogP contribution in [0.1, 0.15) is 5.56 Å². The van der Waals surface area contributed by atoms with Crippen LogP contribution >= 0.6 is 11.6 Å². The van der Waals surface area contributed by atoms with Gasteiger partial charge in [0.15, 0.2) is 6.61 Å². The van der Waals surface area contributed by atoms with E-state index in [-0.39, 0.29) is 17.1 Å². The third kappa shape index (κ3) is 5.08. The van der Waals surface area contributed by atoms with Crippen LogP contribution in [0.15, 0.2) is 42.5 Å². The number of rotatable bonds is 5. The summed E-state index contributed by atoms with van der Waals surface area (Å²) < 4.78 is 43.4. The first kappa shape index (κ1) is 18.5. The molecule has 1 N–H and O–H groups in total. The van der Waals surface area contributed by atoms with Crippen molar-refractivity contribution in [3.63, 3.8) is 0 Å². The van der Waals surface area contributed by atoms with Gasteiger partial charge >= 0.3 is 6.18 Å². The summed E-state index contributed by atoms with van der Waals surface area (Å²) in [6.07, 6.45) is -4.66. The summed E-state index contributed by atoms with van der Waals surface area (Å²) in [5.41, 5.74) is -1.40. The van der Waals surface area contributed by atoms with Gasteiger partial charge in [-0.1, -0.05) is 17.7 Å². The third-order valence-corrected chi connectivity index (χ3v) is 3.28. The Kier molecular flexibility index (Phi) is 5.48. The van der Waals surface area contributed by atoms with E-state index in [1.807, 2.05) is 0 Å². The van der Waals surface area contributed by atoms with Crippen molar-refractivity contribution in [2.75, 3.05) is 11.9 Å². The average Bonchev–Trinajstić information content (AvgIpc) is 2.54. The fraction of sp³-hybridized carbons (Fsp3) is 0.133. The lowest BCUT2D eigenvalue weighted by atomic mass is 10.2. The van der Waals surface area contributed by atoms with Gasteiger partial charge in [-0.25, -0.2) is 0 Å². The van der Waals surface area contributed by atoms with Gasteiger partial charge in [-0.05, 0) is 24.3 Å². The number of nitrogens with one attached hydrogen (secondary N) is 1. The number of benzene rings is 2. The van der Waals surface area contributed by atoms with E-state index in [1.165, 1.54) is 24.3 Å². The number of carbonyl (C=O) groups excluding carboxylic acids is 1. The van der Waals surface area contributed by atoms with Crippen molar-refractivity contribution in [2.45, 2.75) is 6.18 Å². The zero-order valence-electron chi connectivity index (χ0n) is 12.3. The first-order chi connectivity index (χ1) is 11.7. The maximum absolute atomic E-state index is 12.8. The normalized spacial score (nSPS) is 11.0. The monoisotopic (exact) mass is 374 g/mol. The van der Waals surface area contributed by atoms with E-state index in [9.17, 15) is 28.1 Å². The number of nitrogens with zero attached hydrogens (tertiary/aromatic N) is 1. The van der Waals surface area contributed by atoms with Crippen LogP contribution in [0.2, 0.25) is 5.02 Å². The summed E-state index contributed by atoms with van der Waals surface area (Å²) >= 11 is 5.49. The molecule has 10 heteroatoms. The molecule has 1 amide bonds. The summed E-state index contributed by atoms with van der Waals surface area (Å²) in [5.74, 6) is -0.654. The van der Waals surface area contributed by atoms with Crippen LogP contribution in [-0.4, -0.2) is 17.4 Å². The average molecular weight is 375 g/mol. The molecule has 25 heavy (non-hydrogen) atoms. The van der Waals surface area contributed by atoms with Crippen LogP contribution in [0.25, 0.3) is 0 Å². The predicted molar refractivity (Wildman–Crippen MR) is 83.7 cm³/mol. The Morgan fingerprint density at radius 2 is 1.96 bits per heavy atom. The minimum absolute atomic E-state index is 0.0800. The van der Waals surface area contributed by atoms with E-state index in [0.29, 0.717) is 6.07 Å². The highest BCUT2D eigenvalue weighted by atomic mass is 35.5. The third-order valence-electron chi connectivity index (χ3n) is 2.95. The van der Waals surface area contributed by atoms with Gasteiger partial charge in [-0.15, -0.1) is 0 Å². The molecule has 0 aromatic heterocycles. The van der Waals surface area contributed by atoms with E-state index >= 15 is 0 Å². The number of carbonyl (C=O) groups is 1. The second-order valence-electron chi connectivity index (χ2n) is 4.78. The highest BCUT2D eigenvalue weighted by Crippen LogP contribution is 2.36. The minimum Gasteiger partial charge on any atom is -0.484 e. The fourth-order valence-corrected chi connectivity index (χ4v) is 2.08. The molecule has 2 aromatic carbocycles. The van der Waals surface area contributed by atoms with Crippen molar-refractivity contribution in [1.29, 1.82) is 0 Å². The largest absolute Gasteiger partial charge is 0.484 e. The molecule has 0 fully saturated rings. The van der Waals surface area contributed by atoms with Gasteiger partial charge in [0.05, 0.1) is 21.6 Å². The van der Waals surface area contributed by atoms with E-state index in [1.54, 1.807) is 0 Å². The quantitative estimate of drug-likeness (QED) is 0.625. The molecule has 0 radical (unpaired) electrons. The summed E-state index contributed by atoms with van der Waals surface area (Å²) in [6.45, 7) is -0.537. The van der Waals surface area contributed by atoms with E-state index in [0.717, 1.165) is 12.1 Å². The number of alkyl halides is 3. The summed E-state index contributed by atoms with van der Waals surface area (Å²) in [6, 6.07) is 8.08. The van der Waals surface area contributed by atoms with Gasteiger partial charge < -0.3 is 10.1 Å². The van der Waals surface area contributed by atoms with Crippen LogP contribution in [0, 0.1) is 10.1 Å². The van der Waals surface area contributed by atoms with Crippen LogP contribution in [-0.2, 0) is 11.0 Å². The second kappa shape index (κ2) is 7.39. The molecule has 0 heterocycles. The van der Waals surface area contributed by atoms with Gasteiger partial charge in [0.2, 0.25) is 0 Å². The predicted octanol–water partition coefficient (Wildman–Crippen LogP) is 4.28. The Bertz CT molecular complexity index is 812. The maximum Gasteiger partial charge on any atom is 0.417 e. The van der Waals surface area contributed by atoms with Crippen LogP contribution < -0.4 is 10.1 Å². The molecule has 132 valence electrons. The number of halogens is 4. The fourth-order valence-electron chi connectivity index (χ4n) is 1.85. The Balaban J connectivity index is 2.01. The SMILES string of the molecule is O=C(COc1cccc([N+](=O)[O-])c1)Nc1ccc(Cl)c(C(F)(F)F)c1. The smallest absolute Gasteiger partial charge is 0.417 e. The Labute approximate surface area is 144 Å². The van der Waals surface area contributed by atoms with Crippen molar-refractivity contribution < 1.29 is 27.6 Å². The first-order valence-electron chi connectivity index (χ1n) is 6.70. The molecule has 0 unspecified atom stereocenters. The van der Waals surface area contributed by atoms with Crippen LogP contribution in [0.4, 0.5) is 24.5 Å². The Morgan fingerprint density at radius 1 is 1.24 bits per heavy atom. The van der Waals surface area contributed by atoms with Gasteiger partial charge in [0.1, 0.15) is 5.75 Å². The zero-order chi connectivity index (χ0) is 18.6. The molecule has 2 aromatic rings. The summed E-state index contributed by atoms with van der Waals surface area (Å²) in [4.78, 5) is 21.8. The van der Waals surface area contributed by atoms with Gasteiger partial charge in [0, 0.05) is 11.8 Å². The topological polar surface area (TPSA) is 81.5 Å². The molecule has 0 aliphatic rings. The molecule has 0 bridgehead atoms. The van der Waals surface area contributed by atoms with Crippen LogP contribution in [0.5, 0.6) is 5.75 Å². The lowest BCUT2D eigenvalue weighted by Crippen LogP contribution is -2.20. The number of non-ortho nitro benzene ring substituents is 1. The van der Waals surface area contributed by atoms with Crippen molar-refractivity contribution in [1.82, 2.24) is 0 Å². The Hall–Kier alpha value is -2.81. The number of hydrogen-bond donors (Lipinski definition) is 1. The summed E-state index contributed by atoms with van der Waals surface area (Å²) in [7, 11) is 0.